The molecule has 0 amide bonds. The van der Waals surface area contributed by atoms with Crippen molar-refractivity contribution in [3.05, 3.63) is 53.3 Å². The van der Waals surface area contributed by atoms with E-state index in [1.165, 1.54) is 6.07 Å². The van der Waals surface area contributed by atoms with Gasteiger partial charge in [-0.1, -0.05) is 6.07 Å². The second-order valence-corrected chi connectivity index (χ2v) is 6.25. The number of benzene rings is 2. The minimum Gasteiger partial charge on any atom is -0.399 e. The molecule has 0 saturated heterocycles. The largest absolute Gasteiger partial charge is 0.399 e. The van der Waals surface area contributed by atoms with Crippen LogP contribution in [0.3, 0.4) is 0 Å². The van der Waals surface area contributed by atoms with E-state index in [1.807, 2.05) is 13.8 Å². The van der Waals surface area contributed by atoms with E-state index in [-0.39, 0.29) is 5.69 Å². The molecule has 2 aromatic carbocycles. The summed E-state index contributed by atoms with van der Waals surface area (Å²) >= 11 is 0. The summed E-state index contributed by atoms with van der Waals surface area (Å²) in [5, 5.41) is 0. The molecule has 6 heteroatoms. The third-order valence-corrected chi connectivity index (χ3v) is 4.42. The molecule has 0 aliphatic carbocycles. The summed E-state index contributed by atoms with van der Waals surface area (Å²) in [5.41, 5.74) is 7.97. The molecule has 0 radical (unpaired) electrons. The van der Waals surface area contributed by atoms with Crippen molar-refractivity contribution in [1.82, 2.24) is 0 Å². The molecule has 2 aromatic rings. The van der Waals surface area contributed by atoms with Crippen LogP contribution in [0.1, 0.15) is 11.1 Å². The summed E-state index contributed by atoms with van der Waals surface area (Å²) < 4.78 is 40.3. The van der Waals surface area contributed by atoms with Crippen LogP contribution in [-0.4, -0.2) is 8.42 Å². The fourth-order valence-corrected chi connectivity index (χ4v) is 2.86. The second kappa shape index (κ2) is 5.13. The summed E-state index contributed by atoms with van der Waals surface area (Å²) in [6.07, 6.45) is 0. The molecule has 2 rings (SSSR count). The van der Waals surface area contributed by atoms with Gasteiger partial charge in [0.05, 0.1) is 0 Å². The number of hydrogen-bond acceptors (Lipinski definition) is 3. The summed E-state index contributed by atoms with van der Waals surface area (Å²) in [4.78, 5) is -0.426. The number of nitrogens with one attached hydrogen (secondary N) is 1. The van der Waals surface area contributed by atoms with Crippen LogP contribution in [0.15, 0.2) is 41.3 Å². The van der Waals surface area contributed by atoms with Gasteiger partial charge in [0.2, 0.25) is 0 Å². The average molecular weight is 294 g/mol. The Morgan fingerprint density at radius 1 is 1.05 bits per heavy atom. The Hall–Kier alpha value is -2.08. The zero-order valence-electron chi connectivity index (χ0n) is 11.1. The van der Waals surface area contributed by atoms with Crippen molar-refractivity contribution < 1.29 is 12.8 Å². The third kappa shape index (κ3) is 2.91. The van der Waals surface area contributed by atoms with Gasteiger partial charge in [-0.25, -0.2) is 12.8 Å². The van der Waals surface area contributed by atoms with Crippen LogP contribution in [0.2, 0.25) is 0 Å². The minimum absolute atomic E-state index is 0.174. The molecule has 0 spiro atoms. The monoisotopic (exact) mass is 294 g/mol. The number of halogens is 1. The zero-order valence-corrected chi connectivity index (χ0v) is 12.0. The van der Waals surface area contributed by atoms with Gasteiger partial charge < -0.3 is 5.73 Å². The van der Waals surface area contributed by atoms with E-state index in [0.29, 0.717) is 5.69 Å². The van der Waals surface area contributed by atoms with Crippen LogP contribution in [0.4, 0.5) is 15.8 Å². The summed E-state index contributed by atoms with van der Waals surface area (Å²) in [6, 6.07) is 8.60. The lowest BCUT2D eigenvalue weighted by Crippen LogP contribution is -2.15. The molecule has 0 unspecified atom stereocenters. The Morgan fingerprint density at radius 2 is 1.75 bits per heavy atom. The normalized spacial score (nSPS) is 11.3. The zero-order chi connectivity index (χ0) is 14.9. The molecule has 0 aliphatic heterocycles. The fraction of sp³-hybridized carbons (Fsp3) is 0.143. The van der Waals surface area contributed by atoms with E-state index < -0.39 is 20.7 Å². The summed E-state index contributed by atoms with van der Waals surface area (Å²) in [6.45, 7) is 3.80. The van der Waals surface area contributed by atoms with Gasteiger partial charge >= 0.3 is 0 Å². The van der Waals surface area contributed by atoms with Crippen molar-refractivity contribution in [2.45, 2.75) is 18.7 Å². The fourth-order valence-electron chi connectivity index (χ4n) is 1.75. The highest BCUT2D eigenvalue weighted by Gasteiger charge is 2.19. The molecule has 20 heavy (non-hydrogen) atoms. The lowest BCUT2D eigenvalue weighted by Gasteiger charge is -2.10. The van der Waals surface area contributed by atoms with Gasteiger partial charge in [-0.05, 0) is 55.3 Å². The van der Waals surface area contributed by atoms with Crippen molar-refractivity contribution in [3.63, 3.8) is 0 Å². The average Bonchev–Trinajstić information content (AvgIpc) is 2.33. The molecule has 0 atom stereocenters. The van der Waals surface area contributed by atoms with E-state index in [2.05, 4.69) is 4.72 Å². The Bertz CT molecular complexity index is 758. The van der Waals surface area contributed by atoms with E-state index in [1.54, 1.807) is 18.2 Å². The predicted molar refractivity (Wildman–Crippen MR) is 77.5 cm³/mol. The molecule has 0 aromatic heterocycles. The third-order valence-electron chi connectivity index (χ3n) is 3.00. The van der Waals surface area contributed by atoms with Crippen LogP contribution in [0.25, 0.3) is 0 Å². The standard InChI is InChI=1S/C14H15FN2O2S/c1-9-3-5-12(7-10(9)2)17-20(18,19)14-6-4-11(16)8-13(14)15/h3-8,17H,16H2,1-2H3. The predicted octanol–water partition coefficient (Wildman–Crippen LogP) is 2.83. The Morgan fingerprint density at radius 3 is 2.35 bits per heavy atom. The highest BCUT2D eigenvalue weighted by atomic mass is 32.2. The molecule has 3 N–H and O–H groups in total. The molecule has 0 heterocycles. The number of rotatable bonds is 3. The lowest BCUT2D eigenvalue weighted by atomic mass is 10.1. The van der Waals surface area contributed by atoms with Crippen LogP contribution in [0, 0.1) is 19.7 Å². The number of hydrogen-bond donors (Lipinski definition) is 2. The first kappa shape index (κ1) is 14.3. The maximum atomic E-state index is 13.7. The number of sulfonamides is 1. The number of anilines is 2. The van der Waals surface area contributed by atoms with Crippen LogP contribution in [0.5, 0.6) is 0 Å². The molecule has 4 nitrogen and oxygen atoms in total. The first-order valence-corrected chi connectivity index (χ1v) is 7.43. The SMILES string of the molecule is Cc1ccc(NS(=O)(=O)c2ccc(N)cc2F)cc1C. The molecule has 0 aliphatic rings. The first-order chi connectivity index (χ1) is 9.29. The van der Waals surface area contributed by atoms with E-state index in [0.717, 1.165) is 23.3 Å². The van der Waals surface area contributed by atoms with Crippen LogP contribution in [-0.2, 0) is 10.0 Å². The molecular formula is C14H15FN2O2S. The van der Waals surface area contributed by atoms with E-state index in [4.69, 9.17) is 5.73 Å². The molecule has 0 saturated carbocycles. The van der Waals surface area contributed by atoms with Gasteiger partial charge in [-0.3, -0.25) is 4.72 Å². The van der Waals surface area contributed by atoms with E-state index >= 15 is 0 Å². The number of nitrogen functional groups attached to an aromatic ring is 1. The topological polar surface area (TPSA) is 72.2 Å². The number of nitrogens with two attached hydrogens (primary N) is 1. The maximum Gasteiger partial charge on any atom is 0.264 e. The van der Waals surface area contributed by atoms with Gasteiger partial charge in [-0.2, -0.15) is 0 Å². The molecule has 0 fully saturated rings. The Kier molecular flexibility index (Phi) is 3.67. The van der Waals surface area contributed by atoms with E-state index in [9.17, 15) is 12.8 Å². The lowest BCUT2D eigenvalue weighted by molar-refractivity contribution is 0.571. The second-order valence-electron chi connectivity index (χ2n) is 4.59. The summed E-state index contributed by atoms with van der Waals surface area (Å²) in [5.74, 6) is -0.874. The van der Waals surface area contributed by atoms with Crippen LogP contribution >= 0.6 is 0 Å². The number of aryl methyl sites for hydroxylation is 2. The van der Waals surface area contributed by atoms with Crippen molar-refractivity contribution >= 4 is 21.4 Å². The maximum absolute atomic E-state index is 13.7. The molecular weight excluding hydrogens is 279 g/mol. The van der Waals surface area contributed by atoms with Crippen molar-refractivity contribution in [2.75, 3.05) is 10.5 Å². The van der Waals surface area contributed by atoms with Gasteiger partial charge in [0.15, 0.2) is 0 Å². The first-order valence-electron chi connectivity index (χ1n) is 5.95. The Balaban J connectivity index is 2.38. The van der Waals surface area contributed by atoms with Gasteiger partial charge in [0.25, 0.3) is 10.0 Å². The van der Waals surface area contributed by atoms with Gasteiger partial charge in [0, 0.05) is 11.4 Å². The highest BCUT2D eigenvalue weighted by Crippen LogP contribution is 2.22. The highest BCUT2D eigenvalue weighted by molar-refractivity contribution is 7.92. The van der Waals surface area contributed by atoms with Gasteiger partial charge in [0.1, 0.15) is 10.7 Å². The van der Waals surface area contributed by atoms with Gasteiger partial charge in [-0.15, -0.1) is 0 Å². The minimum atomic E-state index is -3.97. The van der Waals surface area contributed by atoms with Crippen molar-refractivity contribution in [1.29, 1.82) is 0 Å². The smallest absolute Gasteiger partial charge is 0.264 e. The summed E-state index contributed by atoms with van der Waals surface area (Å²) in [7, 11) is -3.97. The van der Waals surface area contributed by atoms with Crippen molar-refractivity contribution in [2.24, 2.45) is 0 Å². The molecule has 106 valence electrons. The Labute approximate surface area is 117 Å². The molecule has 0 bridgehead atoms. The van der Waals surface area contributed by atoms with Crippen molar-refractivity contribution in [3.8, 4) is 0 Å². The van der Waals surface area contributed by atoms with Crippen LogP contribution < -0.4 is 10.5 Å². The quantitative estimate of drug-likeness (QED) is 0.855.